The Bertz CT molecular complexity index is 562. The van der Waals surface area contributed by atoms with Crippen LogP contribution in [-0.4, -0.2) is 5.91 Å². The number of anilines is 1. The van der Waals surface area contributed by atoms with Gasteiger partial charge >= 0.3 is 0 Å². The lowest BCUT2D eigenvalue weighted by Crippen LogP contribution is -2.25. The third-order valence-electron chi connectivity index (χ3n) is 7.25. The second kappa shape index (κ2) is 10.3. The molecule has 0 radical (unpaired) electrons. The van der Waals surface area contributed by atoms with Crippen molar-refractivity contribution < 1.29 is 4.79 Å². The van der Waals surface area contributed by atoms with Gasteiger partial charge in [0.05, 0.1) is 0 Å². The minimum Gasteiger partial charge on any atom is -0.326 e. The summed E-state index contributed by atoms with van der Waals surface area (Å²) in [5.74, 6) is 3.75. The molecule has 2 heteroatoms. The Kier molecular flexibility index (Phi) is 7.79. The molecule has 0 bridgehead atoms. The van der Waals surface area contributed by atoms with Crippen LogP contribution < -0.4 is 5.32 Å². The van der Waals surface area contributed by atoms with Gasteiger partial charge in [-0.3, -0.25) is 4.79 Å². The van der Waals surface area contributed by atoms with E-state index < -0.39 is 0 Å². The van der Waals surface area contributed by atoms with E-state index in [1.54, 1.807) is 6.92 Å². The lowest BCUT2D eigenvalue weighted by atomic mass is 9.68. The fourth-order valence-corrected chi connectivity index (χ4v) is 5.60. The third-order valence-corrected chi connectivity index (χ3v) is 7.25. The lowest BCUT2D eigenvalue weighted by Gasteiger charge is -2.38. The first-order chi connectivity index (χ1) is 13.2. The summed E-state index contributed by atoms with van der Waals surface area (Å²) in [6.07, 6.45) is 17.3. The van der Waals surface area contributed by atoms with E-state index in [1.165, 1.54) is 82.6 Å². The maximum atomic E-state index is 11.2. The van der Waals surface area contributed by atoms with E-state index in [1.807, 2.05) is 0 Å². The average molecular weight is 370 g/mol. The second-order valence-corrected chi connectivity index (χ2v) is 9.19. The van der Waals surface area contributed by atoms with Crippen molar-refractivity contribution in [2.75, 3.05) is 5.32 Å². The molecule has 0 aliphatic heterocycles. The topological polar surface area (TPSA) is 29.1 Å². The zero-order valence-corrected chi connectivity index (χ0v) is 17.5. The number of hydrogen-bond donors (Lipinski definition) is 1. The Morgan fingerprint density at radius 2 is 1.48 bits per heavy atom. The second-order valence-electron chi connectivity index (χ2n) is 9.19. The van der Waals surface area contributed by atoms with Gasteiger partial charge in [0.1, 0.15) is 0 Å². The van der Waals surface area contributed by atoms with Crippen LogP contribution in [0.4, 0.5) is 5.69 Å². The van der Waals surface area contributed by atoms with Crippen LogP contribution in [-0.2, 0) is 4.79 Å². The van der Waals surface area contributed by atoms with Crippen LogP contribution in [0.5, 0.6) is 0 Å². The Labute approximate surface area is 166 Å². The Morgan fingerprint density at radius 3 is 2.04 bits per heavy atom. The smallest absolute Gasteiger partial charge is 0.221 e. The molecule has 1 amide bonds. The Morgan fingerprint density at radius 1 is 0.889 bits per heavy atom. The summed E-state index contributed by atoms with van der Waals surface area (Å²) in [6, 6.07) is 8.56. The van der Waals surface area contributed by atoms with E-state index >= 15 is 0 Å². The number of hydrogen-bond acceptors (Lipinski definition) is 1. The summed E-state index contributed by atoms with van der Waals surface area (Å²) in [4.78, 5) is 11.2. The van der Waals surface area contributed by atoms with Crippen molar-refractivity contribution in [1.82, 2.24) is 0 Å². The molecule has 1 N–H and O–H groups in total. The maximum Gasteiger partial charge on any atom is 0.221 e. The molecule has 0 aromatic heterocycles. The minimum atomic E-state index is 0.00310. The van der Waals surface area contributed by atoms with Crippen molar-refractivity contribution in [3.8, 4) is 0 Å². The molecule has 2 saturated carbocycles. The fraction of sp³-hybridized carbons (Fsp3) is 0.720. The molecule has 0 heterocycles. The number of nitrogens with one attached hydrogen (secondary N) is 1. The molecule has 2 aliphatic carbocycles. The summed E-state index contributed by atoms with van der Waals surface area (Å²) < 4.78 is 0. The summed E-state index contributed by atoms with van der Waals surface area (Å²) in [5, 5.41) is 2.87. The van der Waals surface area contributed by atoms with E-state index in [0.717, 1.165) is 29.4 Å². The number of carbonyl (C=O) groups is 1. The van der Waals surface area contributed by atoms with Crippen LogP contribution in [0.15, 0.2) is 24.3 Å². The standard InChI is InChI=1S/C25H39NO/c1-3-4-5-6-20-7-9-21(10-8-20)22-11-13-23(14-12-22)24-15-17-25(18-16-24)26-19(2)27/h15-18,20-23H,3-14H2,1-2H3,(H,26,27). The van der Waals surface area contributed by atoms with E-state index in [4.69, 9.17) is 0 Å². The molecule has 0 spiro atoms. The van der Waals surface area contributed by atoms with E-state index in [2.05, 4.69) is 36.5 Å². The summed E-state index contributed by atoms with van der Waals surface area (Å²) in [5.41, 5.74) is 2.37. The normalized spacial score (nSPS) is 28.7. The zero-order chi connectivity index (χ0) is 19.1. The highest BCUT2D eigenvalue weighted by atomic mass is 16.1. The predicted octanol–water partition coefficient (Wildman–Crippen LogP) is 7.31. The van der Waals surface area contributed by atoms with Gasteiger partial charge in [-0.05, 0) is 79.9 Å². The van der Waals surface area contributed by atoms with Gasteiger partial charge in [0, 0.05) is 12.6 Å². The highest BCUT2D eigenvalue weighted by Gasteiger charge is 2.31. The Hall–Kier alpha value is -1.31. The van der Waals surface area contributed by atoms with Crippen molar-refractivity contribution in [2.24, 2.45) is 17.8 Å². The van der Waals surface area contributed by atoms with Gasteiger partial charge in [0.2, 0.25) is 5.91 Å². The van der Waals surface area contributed by atoms with Gasteiger partial charge in [-0.15, -0.1) is 0 Å². The van der Waals surface area contributed by atoms with E-state index in [0.29, 0.717) is 0 Å². The molecule has 0 unspecified atom stereocenters. The molecule has 2 fully saturated rings. The first-order valence-electron chi connectivity index (χ1n) is 11.5. The largest absolute Gasteiger partial charge is 0.326 e. The van der Waals surface area contributed by atoms with Crippen molar-refractivity contribution in [1.29, 1.82) is 0 Å². The number of benzene rings is 1. The van der Waals surface area contributed by atoms with Gasteiger partial charge in [-0.2, -0.15) is 0 Å². The molecule has 0 saturated heterocycles. The van der Waals surface area contributed by atoms with Crippen LogP contribution in [0.3, 0.4) is 0 Å². The molecule has 3 rings (SSSR count). The van der Waals surface area contributed by atoms with Crippen molar-refractivity contribution >= 4 is 11.6 Å². The molecular weight excluding hydrogens is 330 g/mol. The van der Waals surface area contributed by atoms with Crippen LogP contribution in [0.1, 0.15) is 102 Å². The van der Waals surface area contributed by atoms with Crippen LogP contribution in [0, 0.1) is 17.8 Å². The van der Waals surface area contributed by atoms with Crippen LogP contribution >= 0.6 is 0 Å². The van der Waals surface area contributed by atoms with Gasteiger partial charge in [0.15, 0.2) is 0 Å². The van der Waals surface area contributed by atoms with Crippen LogP contribution in [0.2, 0.25) is 0 Å². The minimum absolute atomic E-state index is 0.00310. The molecule has 1 aromatic carbocycles. The predicted molar refractivity (Wildman–Crippen MR) is 115 cm³/mol. The zero-order valence-electron chi connectivity index (χ0n) is 17.5. The third kappa shape index (κ3) is 6.09. The van der Waals surface area contributed by atoms with Gasteiger partial charge < -0.3 is 5.32 Å². The number of amides is 1. The molecule has 150 valence electrons. The SMILES string of the molecule is CCCCCC1CCC(C2CCC(c3ccc(NC(C)=O)cc3)CC2)CC1. The molecule has 27 heavy (non-hydrogen) atoms. The first-order valence-corrected chi connectivity index (χ1v) is 11.5. The number of unbranched alkanes of at least 4 members (excludes halogenated alkanes) is 2. The monoisotopic (exact) mass is 369 g/mol. The van der Waals surface area contributed by atoms with E-state index in [-0.39, 0.29) is 5.91 Å². The van der Waals surface area contributed by atoms with Gasteiger partial charge in [0.25, 0.3) is 0 Å². The molecular formula is C25H39NO. The van der Waals surface area contributed by atoms with Crippen LogP contribution in [0.25, 0.3) is 0 Å². The van der Waals surface area contributed by atoms with E-state index in [9.17, 15) is 4.79 Å². The molecule has 2 nitrogen and oxygen atoms in total. The number of carbonyl (C=O) groups excluding carboxylic acids is 1. The Balaban J connectivity index is 1.41. The summed E-state index contributed by atoms with van der Waals surface area (Å²) in [7, 11) is 0. The van der Waals surface area contributed by atoms with Gasteiger partial charge in [-0.25, -0.2) is 0 Å². The average Bonchev–Trinajstić information content (AvgIpc) is 2.69. The fourth-order valence-electron chi connectivity index (χ4n) is 5.60. The van der Waals surface area contributed by atoms with Gasteiger partial charge in [-0.1, -0.05) is 57.6 Å². The lowest BCUT2D eigenvalue weighted by molar-refractivity contribution is -0.114. The quantitative estimate of drug-likeness (QED) is 0.502. The molecule has 1 aromatic rings. The molecule has 0 atom stereocenters. The summed E-state index contributed by atoms with van der Waals surface area (Å²) in [6.45, 7) is 3.87. The first kappa shape index (κ1) is 20.4. The summed E-state index contributed by atoms with van der Waals surface area (Å²) >= 11 is 0. The van der Waals surface area contributed by atoms with Crippen molar-refractivity contribution in [3.05, 3.63) is 29.8 Å². The van der Waals surface area contributed by atoms with Crippen molar-refractivity contribution in [3.63, 3.8) is 0 Å². The maximum absolute atomic E-state index is 11.2. The van der Waals surface area contributed by atoms with Crippen molar-refractivity contribution in [2.45, 2.75) is 96.8 Å². The highest BCUT2D eigenvalue weighted by Crippen LogP contribution is 2.44. The highest BCUT2D eigenvalue weighted by molar-refractivity contribution is 5.88. The molecule has 2 aliphatic rings. The number of rotatable bonds is 7.